The van der Waals surface area contributed by atoms with Crippen molar-refractivity contribution in [2.24, 2.45) is 11.8 Å². The lowest BCUT2D eigenvalue weighted by molar-refractivity contribution is -0.130. The van der Waals surface area contributed by atoms with E-state index in [9.17, 15) is 10.2 Å². The highest BCUT2D eigenvalue weighted by Gasteiger charge is 2.44. The molecule has 0 aromatic heterocycles. The van der Waals surface area contributed by atoms with Crippen molar-refractivity contribution in [2.75, 3.05) is 0 Å². The fourth-order valence-electron chi connectivity index (χ4n) is 2.08. The van der Waals surface area contributed by atoms with Crippen LogP contribution in [-0.4, -0.2) is 21.4 Å². The Hall–Kier alpha value is -0.0800. The summed E-state index contributed by atoms with van der Waals surface area (Å²) in [5.74, 6) is 0.368. The minimum absolute atomic E-state index is 0.184. The van der Waals surface area contributed by atoms with E-state index in [0.29, 0.717) is 12.8 Å². The first-order chi connectivity index (χ1) is 5.26. The Morgan fingerprint density at radius 2 is 1.17 bits per heavy atom. The van der Waals surface area contributed by atoms with E-state index in [0.717, 1.165) is 0 Å². The molecule has 72 valence electrons. The average Bonchev–Trinajstić information content (AvgIpc) is 1.82. The molecule has 0 saturated heterocycles. The molecule has 2 nitrogen and oxygen atoms in total. The summed E-state index contributed by atoms with van der Waals surface area (Å²) in [6.07, 6.45) is 1.39. The van der Waals surface area contributed by atoms with Gasteiger partial charge in [-0.2, -0.15) is 0 Å². The van der Waals surface area contributed by atoms with Gasteiger partial charge in [0.25, 0.3) is 0 Å². The molecule has 0 spiro atoms. The van der Waals surface area contributed by atoms with E-state index in [4.69, 9.17) is 0 Å². The van der Waals surface area contributed by atoms with Crippen molar-refractivity contribution >= 4 is 0 Å². The van der Waals surface area contributed by atoms with Gasteiger partial charge in [-0.3, -0.25) is 0 Å². The highest BCUT2D eigenvalue weighted by molar-refractivity contribution is 4.96. The summed E-state index contributed by atoms with van der Waals surface area (Å²) in [7, 11) is 0. The van der Waals surface area contributed by atoms with Crippen LogP contribution in [0.4, 0.5) is 0 Å². The van der Waals surface area contributed by atoms with Crippen LogP contribution < -0.4 is 0 Å². The van der Waals surface area contributed by atoms with Gasteiger partial charge in [0.15, 0.2) is 0 Å². The lowest BCUT2D eigenvalue weighted by Gasteiger charge is -2.46. The van der Waals surface area contributed by atoms with Gasteiger partial charge in [-0.25, -0.2) is 0 Å². The van der Waals surface area contributed by atoms with Crippen LogP contribution in [0.3, 0.4) is 0 Å². The molecule has 0 aliphatic heterocycles. The molecule has 0 aromatic rings. The van der Waals surface area contributed by atoms with Crippen molar-refractivity contribution in [3.8, 4) is 0 Å². The number of rotatable bonds is 0. The average molecular weight is 172 g/mol. The molecule has 1 aliphatic carbocycles. The van der Waals surface area contributed by atoms with E-state index in [1.165, 1.54) is 0 Å². The zero-order chi connectivity index (χ0) is 9.57. The van der Waals surface area contributed by atoms with Crippen molar-refractivity contribution in [3.05, 3.63) is 0 Å². The normalized spacial score (nSPS) is 55.5. The van der Waals surface area contributed by atoms with Crippen LogP contribution in [0.5, 0.6) is 0 Å². The smallest absolute Gasteiger partial charge is 0.0649 e. The van der Waals surface area contributed by atoms with E-state index in [1.807, 2.05) is 27.7 Å². The number of hydrogen-bond acceptors (Lipinski definition) is 2. The first-order valence-corrected chi connectivity index (χ1v) is 4.70. The number of aliphatic hydroxyl groups is 2. The predicted octanol–water partition coefficient (Wildman–Crippen LogP) is 1.55. The summed E-state index contributed by atoms with van der Waals surface area (Å²) in [5.41, 5.74) is -1.19. The lowest BCUT2D eigenvalue weighted by atomic mass is 9.66. The maximum Gasteiger partial charge on any atom is 0.0649 e. The molecule has 4 atom stereocenters. The van der Waals surface area contributed by atoms with Crippen molar-refractivity contribution in [1.82, 2.24) is 0 Å². The molecule has 12 heavy (non-hydrogen) atoms. The standard InChI is InChI=1S/C10H20O2/c1-7-5-10(4,12)8(2)6-9(7,3)11/h7-8,11-12H,5-6H2,1-4H3. The molecule has 0 bridgehead atoms. The third-order valence-corrected chi connectivity index (χ3v) is 3.56. The lowest BCUT2D eigenvalue weighted by Crippen LogP contribution is -2.50. The Balaban J connectivity index is 2.76. The SMILES string of the molecule is CC1CC(C)(O)C(C)CC1(C)O. The van der Waals surface area contributed by atoms with Gasteiger partial charge >= 0.3 is 0 Å². The molecule has 1 aliphatic rings. The Morgan fingerprint density at radius 3 is 1.42 bits per heavy atom. The van der Waals surface area contributed by atoms with E-state index < -0.39 is 11.2 Å². The van der Waals surface area contributed by atoms with E-state index in [1.54, 1.807) is 0 Å². The maximum atomic E-state index is 9.93. The predicted molar refractivity (Wildman–Crippen MR) is 48.8 cm³/mol. The third kappa shape index (κ3) is 1.64. The molecule has 2 heteroatoms. The largest absolute Gasteiger partial charge is 0.390 e. The summed E-state index contributed by atoms with van der Waals surface area (Å²) < 4.78 is 0. The Bertz CT molecular complexity index is 153. The molecule has 1 rings (SSSR count). The molecule has 1 fully saturated rings. The van der Waals surface area contributed by atoms with E-state index >= 15 is 0 Å². The van der Waals surface area contributed by atoms with Gasteiger partial charge in [-0.05, 0) is 38.5 Å². The Kier molecular flexibility index (Phi) is 2.26. The van der Waals surface area contributed by atoms with Crippen LogP contribution in [-0.2, 0) is 0 Å². The van der Waals surface area contributed by atoms with Gasteiger partial charge in [0, 0.05) is 0 Å². The second kappa shape index (κ2) is 2.71. The van der Waals surface area contributed by atoms with Crippen molar-refractivity contribution in [2.45, 2.75) is 51.7 Å². The minimum atomic E-state index is -0.596. The van der Waals surface area contributed by atoms with E-state index in [-0.39, 0.29) is 11.8 Å². The van der Waals surface area contributed by atoms with Gasteiger partial charge in [-0.15, -0.1) is 0 Å². The van der Waals surface area contributed by atoms with Crippen LogP contribution in [0.2, 0.25) is 0 Å². The Labute approximate surface area is 74.6 Å². The van der Waals surface area contributed by atoms with Crippen molar-refractivity contribution in [3.63, 3.8) is 0 Å². The van der Waals surface area contributed by atoms with Crippen LogP contribution in [0.15, 0.2) is 0 Å². The van der Waals surface area contributed by atoms with Gasteiger partial charge < -0.3 is 10.2 Å². The minimum Gasteiger partial charge on any atom is -0.390 e. The molecule has 2 N–H and O–H groups in total. The maximum absolute atomic E-state index is 9.93. The quantitative estimate of drug-likeness (QED) is 0.582. The molecular weight excluding hydrogens is 152 g/mol. The molecule has 4 unspecified atom stereocenters. The fraction of sp³-hybridized carbons (Fsp3) is 1.00. The molecule has 0 amide bonds. The second-order valence-corrected chi connectivity index (χ2v) is 4.92. The van der Waals surface area contributed by atoms with Gasteiger partial charge in [0.1, 0.15) is 0 Å². The Morgan fingerprint density at radius 1 is 0.917 bits per heavy atom. The van der Waals surface area contributed by atoms with Crippen molar-refractivity contribution in [1.29, 1.82) is 0 Å². The number of hydrogen-bond donors (Lipinski definition) is 2. The summed E-state index contributed by atoms with van der Waals surface area (Å²) in [5, 5.41) is 19.9. The molecule has 0 aromatic carbocycles. The molecule has 0 heterocycles. The monoisotopic (exact) mass is 172 g/mol. The topological polar surface area (TPSA) is 40.5 Å². The molecule has 0 radical (unpaired) electrons. The fourth-order valence-corrected chi connectivity index (χ4v) is 2.08. The zero-order valence-corrected chi connectivity index (χ0v) is 8.46. The summed E-state index contributed by atoms with van der Waals surface area (Å²) >= 11 is 0. The summed E-state index contributed by atoms with van der Waals surface area (Å²) in [6.45, 7) is 7.73. The third-order valence-electron chi connectivity index (χ3n) is 3.56. The van der Waals surface area contributed by atoms with Gasteiger partial charge in [0.05, 0.1) is 11.2 Å². The summed E-state index contributed by atoms with van der Waals surface area (Å²) in [6, 6.07) is 0. The molecule has 1 saturated carbocycles. The summed E-state index contributed by atoms with van der Waals surface area (Å²) in [4.78, 5) is 0. The van der Waals surface area contributed by atoms with Crippen LogP contribution in [0.1, 0.15) is 40.5 Å². The van der Waals surface area contributed by atoms with Crippen LogP contribution >= 0.6 is 0 Å². The van der Waals surface area contributed by atoms with Crippen molar-refractivity contribution < 1.29 is 10.2 Å². The van der Waals surface area contributed by atoms with Crippen LogP contribution in [0.25, 0.3) is 0 Å². The van der Waals surface area contributed by atoms with Gasteiger partial charge in [-0.1, -0.05) is 13.8 Å². The van der Waals surface area contributed by atoms with E-state index in [2.05, 4.69) is 0 Å². The molecular formula is C10H20O2. The first kappa shape index (κ1) is 10.0. The highest BCUT2D eigenvalue weighted by Crippen LogP contribution is 2.42. The first-order valence-electron chi connectivity index (χ1n) is 4.70. The van der Waals surface area contributed by atoms with Gasteiger partial charge in [0.2, 0.25) is 0 Å². The van der Waals surface area contributed by atoms with Crippen LogP contribution in [0, 0.1) is 11.8 Å². The zero-order valence-electron chi connectivity index (χ0n) is 8.46. The second-order valence-electron chi connectivity index (χ2n) is 4.92. The highest BCUT2D eigenvalue weighted by atomic mass is 16.3.